The molecule has 0 bridgehead atoms. The van der Waals surface area contributed by atoms with Gasteiger partial charge < -0.3 is 14.8 Å². The molecule has 0 aromatic carbocycles. The summed E-state index contributed by atoms with van der Waals surface area (Å²) in [7, 11) is 3.38. The molecule has 0 fully saturated rings. The fraction of sp³-hybridized carbons (Fsp3) is 0.421. The van der Waals surface area contributed by atoms with Crippen molar-refractivity contribution < 1.29 is 9.59 Å². The summed E-state index contributed by atoms with van der Waals surface area (Å²) in [6, 6.07) is 2.14. The quantitative estimate of drug-likeness (QED) is 0.510. The molecule has 0 radical (unpaired) electrons. The van der Waals surface area contributed by atoms with Gasteiger partial charge in [-0.05, 0) is 26.3 Å². The molecule has 0 aliphatic rings. The molecule has 1 N–H and O–H groups in total. The Morgan fingerprint density at radius 3 is 2.67 bits per heavy atom. The lowest BCUT2D eigenvalue weighted by molar-refractivity contribution is -0.113. The van der Waals surface area contributed by atoms with E-state index < -0.39 is 0 Å². The number of amides is 2. The van der Waals surface area contributed by atoms with Crippen LogP contribution in [0.15, 0.2) is 16.6 Å². The van der Waals surface area contributed by atoms with Crippen LogP contribution in [-0.4, -0.2) is 56.3 Å². The fourth-order valence-electron chi connectivity index (χ4n) is 2.71. The maximum Gasteiger partial charge on any atom is 0.265 e. The third-order valence-corrected chi connectivity index (χ3v) is 7.38. The summed E-state index contributed by atoms with van der Waals surface area (Å²) < 4.78 is 2.01. The van der Waals surface area contributed by atoms with Gasteiger partial charge in [0.2, 0.25) is 5.91 Å². The topological polar surface area (TPSA) is 93.0 Å². The van der Waals surface area contributed by atoms with Crippen molar-refractivity contribution in [2.75, 3.05) is 25.2 Å². The molecule has 0 unspecified atom stereocenters. The van der Waals surface area contributed by atoms with Gasteiger partial charge in [0.15, 0.2) is 16.1 Å². The van der Waals surface area contributed by atoms with Crippen LogP contribution >= 0.6 is 34.4 Å². The third kappa shape index (κ3) is 4.90. The third-order valence-electron chi connectivity index (χ3n) is 4.27. The minimum atomic E-state index is -0.200. The number of nitrogens with one attached hydrogen (secondary N) is 1. The molecule has 0 saturated carbocycles. The van der Waals surface area contributed by atoms with E-state index in [9.17, 15) is 9.59 Å². The van der Waals surface area contributed by atoms with Crippen molar-refractivity contribution in [1.29, 1.82) is 0 Å². The maximum absolute atomic E-state index is 12.4. The first-order valence-corrected chi connectivity index (χ1v) is 12.1. The average Bonchev–Trinajstić information content (AvgIpc) is 3.43. The maximum atomic E-state index is 12.4. The van der Waals surface area contributed by atoms with Crippen LogP contribution in [0.1, 0.15) is 34.1 Å². The van der Waals surface area contributed by atoms with Gasteiger partial charge in [-0.25, -0.2) is 4.98 Å². The Balaban J connectivity index is 1.65. The largest absolute Gasteiger partial charge is 0.344 e. The summed E-state index contributed by atoms with van der Waals surface area (Å²) in [6.07, 6.45) is 0.991. The van der Waals surface area contributed by atoms with Gasteiger partial charge in [-0.3, -0.25) is 9.59 Å². The highest BCUT2D eigenvalue weighted by atomic mass is 32.2. The predicted molar refractivity (Wildman–Crippen MR) is 123 cm³/mol. The Labute approximate surface area is 187 Å². The van der Waals surface area contributed by atoms with E-state index in [1.54, 1.807) is 32.4 Å². The Morgan fingerprint density at radius 2 is 2.03 bits per heavy atom. The molecule has 11 heteroatoms. The van der Waals surface area contributed by atoms with Crippen LogP contribution in [0.5, 0.6) is 0 Å². The Bertz CT molecular complexity index is 1050. The number of rotatable bonds is 8. The zero-order valence-corrected chi connectivity index (χ0v) is 20.0. The van der Waals surface area contributed by atoms with Crippen molar-refractivity contribution in [2.45, 2.75) is 38.9 Å². The fourth-order valence-corrected chi connectivity index (χ4v) is 5.33. The number of hydrogen-bond acceptors (Lipinski definition) is 8. The number of anilines is 1. The molecule has 2 amide bonds. The molecule has 0 spiro atoms. The summed E-state index contributed by atoms with van der Waals surface area (Å²) in [6.45, 7) is 6.64. The number of thiophene rings is 1. The first kappa shape index (κ1) is 22.4. The molecular formula is C19H24N6O2S3. The van der Waals surface area contributed by atoms with Gasteiger partial charge in [0, 0.05) is 36.5 Å². The van der Waals surface area contributed by atoms with Crippen molar-refractivity contribution in [3.8, 4) is 11.4 Å². The monoisotopic (exact) mass is 464 g/mol. The van der Waals surface area contributed by atoms with E-state index in [4.69, 9.17) is 0 Å². The van der Waals surface area contributed by atoms with Crippen molar-refractivity contribution >= 4 is 51.4 Å². The van der Waals surface area contributed by atoms with Gasteiger partial charge in [-0.2, -0.15) is 0 Å². The van der Waals surface area contributed by atoms with Gasteiger partial charge in [0.05, 0.1) is 11.4 Å². The zero-order chi connectivity index (χ0) is 21.8. The number of thioether (sulfide) groups is 1. The number of thiazole rings is 1. The van der Waals surface area contributed by atoms with Crippen molar-refractivity contribution in [3.05, 3.63) is 26.9 Å². The molecule has 30 heavy (non-hydrogen) atoms. The summed E-state index contributed by atoms with van der Waals surface area (Å²) in [5.74, 6) is 0.674. The average molecular weight is 465 g/mol. The van der Waals surface area contributed by atoms with Crippen LogP contribution in [0.2, 0.25) is 0 Å². The minimum Gasteiger partial charge on any atom is -0.344 e. The normalized spacial score (nSPS) is 11.0. The molecule has 3 aromatic rings. The number of hydrogen-bond donors (Lipinski definition) is 1. The number of carbonyl (C=O) groups excluding carboxylic acids is 2. The summed E-state index contributed by atoms with van der Waals surface area (Å²) in [5, 5.41) is 14.6. The smallest absolute Gasteiger partial charge is 0.265 e. The van der Waals surface area contributed by atoms with Gasteiger partial charge in [-0.15, -0.1) is 21.5 Å². The summed E-state index contributed by atoms with van der Waals surface area (Å²) in [4.78, 5) is 32.2. The van der Waals surface area contributed by atoms with Crippen LogP contribution in [0, 0.1) is 6.92 Å². The van der Waals surface area contributed by atoms with E-state index in [0.717, 1.165) is 17.8 Å². The standard InChI is InChI=1S/C19H24N6O2S3/c1-6-13-8-12(9-28-13)16-22-23-19(25(16)7-2)29-10-14(26)21-18-20-11(3)15(30-18)17(27)24(4)5/h8-9H,6-7,10H2,1-5H3,(H,20,21,26). The SMILES string of the molecule is CCc1cc(-c2nnc(SCC(=O)Nc3nc(C)c(C(=O)N(C)C)s3)n2CC)cs1. The van der Waals surface area contributed by atoms with E-state index in [1.165, 1.54) is 32.9 Å². The van der Waals surface area contributed by atoms with E-state index >= 15 is 0 Å². The highest BCUT2D eigenvalue weighted by Gasteiger charge is 2.19. The Morgan fingerprint density at radius 1 is 1.27 bits per heavy atom. The van der Waals surface area contributed by atoms with E-state index in [-0.39, 0.29) is 17.6 Å². The Kier molecular flexibility index (Phi) is 7.27. The highest BCUT2D eigenvalue weighted by molar-refractivity contribution is 7.99. The van der Waals surface area contributed by atoms with Gasteiger partial charge in [0.25, 0.3) is 5.91 Å². The second-order valence-electron chi connectivity index (χ2n) is 6.68. The van der Waals surface area contributed by atoms with Crippen LogP contribution in [0.4, 0.5) is 5.13 Å². The molecule has 0 saturated heterocycles. The molecule has 0 aliphatic heterocycles. The lowest BCUT2D eigenvalue weighted by Gasteiger charge is -2.07. The lowest BCUT2D eigenvalue weighted by Crippen LogP contribution is -2.21. The van der Waals surface area contributed by atoms with E-state index in [2.05, 4.69) is 38.9 Å². The van der Waals surface area contributed by atoms with Crippen molar-refractivity contribution in [2.24, 2.45) is 0 Å². The molecule has 0 aliphatic carbocycles. The highest BCUT2D eigenvalue weighted by Crippen LogP contribution is 2.28. The molecule has 0 atom stereocenters. The summed E-state index contributed by atoms with van der Waals surface area (Å²) >= 11 is 4.23. The zero-order valence-electron chi connectivity index (χ0n) is 17.6. The van der Waals surface area contributed by atoms with Gasteiger partial charge in [-0.1, -0.05) is 30.0 Å². The van der Waals surface area contributed by atoms with Crippen LogP contribution in [0.25, 0.3) is 11.4 Å². The number of aryl methyl sites for hydroxylation is 2. The van der Waals surface area contributed by atoms with Crippen LogP contribution in [0.3, 0.4) is 0 Å². The van der Waals surface area contributed by atoms with Crippen LogP contribution in [-0.2, 0) is 17.8 Å². The molecular weight excluding hydrogens is 440 g/mol. The number of aromatic nitrogens is 4. The van der Waals surface area contributed by atoms with Crippen molar-refractivity contribution in [1.82, 2.24) is 24.6 Å². The molecule has 160 valence electrons. The van der Waals surface area contributed by atoms with Gasteiger partial charge in [0.1, 0.15) is 4.88 Å². The lowest BCUT2D eigenvalue weighted by atomic mass is 10.2. The van der Waals surface area contributed by atoms with E-state index in [1.807, 2.05) is 11.5 Å². The molecule has 3 rings (SSSR count). The first-order valence-electron chi connectivity index (χ1n) is 9.46. The molecule has 3 heterocycles. The van der Waals surface area contributed by atoms with Crippen molar-refractivity contribution in [3.63, 3.8) is 0 Å². The number of carbonyl (C=O) groups is 2. The first-order chi connectivity index (χ1) is 14.3. The molecule has 8 nitrogen and oxygen atoms in total. The minimum absolute atomic E-state index is 0.122. The number of nitrogens with zero attached hydrogens (tertiary/aromatic N) is 5. The van der Waals surface area contributed by atoms with E-state index in [0.29, 0.717) is 27.4 Å². The van der Waals surface area contributed by atoms with Gasteiger partial charge >= 0.3 is 0 Å². The second kappa shape index (κ2) is 9.71. The Hall–Kier alpha value is -2.24. The predicted octanol–water partition coefficient (Wildman–Crippen LogP) is 3.79. The van der Waals surface area contributed by atoms with Crippen LogP contribution < -0.4 is 5.32 Å². The summed E-state index contributed by atoms with van der Waals surface area (Å²) in [5.41, 5.74) is 1.66. The second-order valence-corrected chi connectivity index (χ2v) is 9.61. The molecule has 3 aromatic heterocycles.